The standard InChI is InChI=1S/C8H15N3/c1-7(3-9)10-4-8-5-11(2)6-8/h7-8,10H,4-6H2,1-2H3. The van der Waals surface area contributed by atoms with Gasteiger partial charge in [0, 0.05) is 19.6 Å². The van der Waals surface area contributed by atoms with Crippen LogP contribution >= 0.6 is 0 Å². The van der Waals surface area contributed by atoms with Gasteiger partial charge in [-0.1, -0.05) is 0 Å². The van der Waals surface area contributed by atoms with Crippen molar-refractivity contribution in [3.05, 3.63) is 0 Å². The number of hydrogen-bond donors (Lipinski definition) is 1. The Labute approximate surface area is 68.0 Å². The maximum Gasteiger partial charge on any atom is 0.0924 e. The minimum absolute atomic E-state index is 0.000839. The Morgan fingerprint density at radius 3 is 2.82 bits per heavy atom. The highest BCUT2D eigenvalue weighted by Crippen LogP contribution is 2.10. The predicted octanol–water partition coefficient (Wildman–Crippen LogP) is 0.0497. The van der Waals surface area contributed by atoms with Crippen LogP contribution in [0.15, 0.2) is 0 Å². The summed E-state index contributed by atoms with van der Waals surface area (Å²) < 4.78 is 0. The van der Waals surface area contributed by atoms with Gasteiger partial charge in [0.15, 0.2) is 0 Å². The lowest BCUT2D eigenvalue weighted by molar-refractivity contribution is 0.132. The second-order valence-electron chi connectivity index (χ2n) is 3.35. The van der Waals surface area contributed by atoms with Crippen molar-refractivity contribution in [1.82, 2.24) is 10.2 Å². The van der Waals surface area contributed by atoms with Gasteiger partial charge in [-0.3, -0.25) is 0 Å². The van der Waals surface area contributed by atoms with E-state index in [2.05, 4.69) is 23.3 Å². The molecule has 0 spiro atoms. The van der Waals surface area contributed by atoms with Crippen molar-refractivity contribution >= 4 is 0 Å². The number of nitrogens with one attached hydrogen (secondary N) is 1. The number of hydrogen-bond acceptors (Lipinski definition) is 3. The summed E-state index contributed by atoms with van der Waals surface area (Å²) in [6, 6.07) is 2.16. The molecule has 0 aliphatic carbocycles. The fourth-order valence-electron chi connectivity index (χ4n) is 1.35. The molecule has 1 aliphatic heterocycles. The molecule has 62 valence electrons. The topological polar surface area (TPSA) is 39.1 Å². The van der Waals surface area contributed by atoms with Crippen LogP contribution in [0.4, 0.5) is 0 Å². The molecule has 3 nitrogen and oxygen atoms in total. The lowest BCUT2D eigenvalue weighted by Crippen LogP contribution is -2.49. The summed E-state index contributed by atoms with van der Waals surface area (Å²) in [5.74, 6) is 0.760. The molecular weight excluding hydrogens is 138 g/mol. The predicted molar refractivity (Wildman–Crippen MR) is 44.1 cm³/mol. The van der Waals surface area contributed by atoms with Gasteiger partial charge in [0.1, 0.15) is 0 Å². The fourth-order valence-corrected chi connectivity index (χ4v) is 1.35. The van der Waals surface area contributed by atoms with E-state index in [1.807, 2.05) is 6.92 Å². The van der Waals surface area contributed by atoms with E-state index in [0.29, 0.717) is 0 Å². The Morgan fingerprint density at radius 1 is 1.73 bits per heavy atom. The molecule has 0 aromatic rings. The first kappa shape index (κ1) is 8.51. The number of nitrogens with zero attached hydrogens (tertiary/aromatic N) is 2. The highest BCUT2D eigenvalue weighted by atomic mass is 15.2. The lowest BCUT2D eigenvalue weighted by Gasteiger charge is -2.36. The van der Waals surface area contributed by atoms with Crippen LogP contribution in [0.25, 0.3) is 0 Å². The van der Waals surface area contributed by atoms with Crippen LogP contribution in [0.2, 0.25) is 0 Å². The monoisotopic (exact) mass is 153 g/mol. The highest BCUT2D eigenvalue weighted by molar-refractivity contribution is 4.88. The van der Waals surface area contributed by atoms with E-state index in [9.17, 15) is 0 Å². The largest absolute Gasteiger partial charge is 0.306 e. The first-order valence-electron chi connectivity index (χ1n) is 4.04. The molecule has 1 N–H and O–H groups in total. The smallest absolute Gasteiger partial charge is 0.0924 e. The van der Waals surface area contributed by atoms with Crippen molar-refractivity contribution in [2.45, 2.75) is 13.0 Å². The quantitative estimate of drug-likeness (QED) is 0.622. The second kappa shape index (κ2) is 3.70. The third-order valence-electron chi connectivity index (χ3n) is 2.05. The molecule has 3 heteroatoms. The van der Waals surface area contributed by atoms with Crippen LogP contribution in [0.1, 0.15) is 6.92 Å². The van der Waals surface area contributed by atoms with E-state index in [1.54, 1.807) is 0 Å². The van der Waals surface area contributed by atoms with Crippen LogP contribution in [0, 0.1) is 17.2 Å². The first-order valence-corrected chi connectivity index (χ1v) is 4.04. The van der Waals surface area contributed by atoms with Crippen molar-refractivity contribution in [3.8, 4) is 6.07 Å². The zero-order valence-electron chi connectivity index (χ0n) is 7.17. The van der Waals surface area contributed by atoms with Gasteiger partial charge < -0.3 is 10.2 Å². The van der Waals surface area contributed by atoms with Gasteiger partial charge in [-0.05, 0) is 19.9 Å². The maximum absolute atomic E-state index is 8.47. The molecule has 1 fully saturated rings. The zero-order valence-corrected chi connectivity index (χ0v) is 7.17. The van der Waals surface area contributed by atoms with Crippen molar-refractivity contribution < 1.29 is 0 Å². The molecular formula is C8H15N3. The third kappa shape index (κ3) is 2.49. The maximum atomic E-state index is 8.47. The van der Waals surface area contributed by atoms with Gasteiger partial charge >= 0.3 is 0 Å². The Kier molecular flexibility index (Phi) is 2.86. The van der Waals surface area contributed by atoms with Crippen LogP contribution in [0.3, 0.4) is 0 Å². The average Bonchev–Trinajstić information content (AvgIpc) is 1.95. The van der Waals surface area contributed by atoms with Crippen molar-refractivity contribution in [1.29, 1.82) is 5.26 Å². The average molecular weight is 153 g/mol. The van der Waals surface area contributed by atoms with Crippen molar-refractivity contribution in [2.75, 3.05) is 26.7 Å². The zero-order chi connectivity index (χ0) is 8.27. The van der Waals surface area contributed by atoms with E-state index < -0.39 is 0 Å². The molecule has 0 aromatic carbocycles. The molecule has 1 aliphatic rings. The van der Waals surface area contributed by atoms with E-state index in [0.717, 1.165) is 12.5 Å². The van der Waals surface area contributed by atoms with Gasteiger partial charge in [-0.2, -0.15) is 5.26 Å². The summed E-state index contributed by atoms with van der Waals surface area (Å²) in [5, 5.41) is 11.6. The summed E-state index contributed by atoms with van der Waals surface area (Å²) in [5.41, 5.74) is 0. The fraction of sp³-hybridized carbons (Fsp3) is 0.875. The minimum atomic E-state index is 0.000839. The van der Waals surface area contributed by atoms with Gasteiger partial charge in [0.25, 0.3) is 0 Å². The molecule has 0 amide bonds. The Hall–Kier alpha value is -0.590. The number of nitriles is 1. The van der Waals surface area contributed by atoms with Crippen LogP contribution < -0.4 is 5.32 Å². The van der Waals surface area contributed by atoms with Crippen LogP contribution in [0.5, 0.6) is 0 Å². The van der Waals surface area contributed by atoms with Crippen LogP contribution in [-0.4, -0.2) is 37.6 Å². The summed E-state index contributed by atoms with van der Waals surface area (Å²) in [7, 11) is 2.12. The summed E-state index contributed by atoms with van der Waals surface area (Å²) >= 11 is 0. The van der Waals surface area contributed by atoms with E-state index in [1.165, 1.54) is 13.1 Å². The number of likely N-dealkylation sites (tertiary alicyclic amines) is 1. The molecule has 1 saturated heterocycles. The molecule has 0 saturated carbocycles. The Balaban J connectivity index is 2.01. The van der Waals surface area contributed by atoms with Gasteiger partial charge in [-0.25, -0.2) is 0 Å². The Bertz CT molecular complexity index is 155. The van der Waals surface area contributed by atoms with Gasteiger partial charge in [0.2, 0.25) is 0 Å². The SMILES string of the molecule is CC(C#N)NCC1CN(C)C1. The molecule has 1 heterocycles. The molecule has 0 aromatic heterocycles. The number of rotatable bonds is 3. The molecule has 1 rings (SSSR count). The van der Waals surface area contributed by atoms with Crippen molar-refractivity contribution in [2.24, 2.45) is 5.92 Å². The first-order chi connectivity index (χ1) is 5.22. The third-order valence-corrected chi connectivity index (χ3v) is 2.05. The summed E-state index contributed by atoms with van der Waals surface area (Å²) in [6.07, 6.45) is 0. The minimum Gasteiger partial charge on any atom is -0.306 e. The molecule has 0 radical (unpaired) electrons. The summed E-state index contributed by atoms with van der Waals surface area (Å²) in [6.45, 7) is 5.22. The van der Waals surface area contributed by atoms with E-state index >= 15 is 0 Å². The van der Waals surface area contributed by atoms with E-state index in [-0.39, 0.29) is 6.04 Å². The highest BCUT2D eigenvalue weighted by Gasteiger charge is 2.22. The molecule has 11 heavy (non-hydrogen) atoms. The lowest BCUT2D eigenvalue weighted by atomic mass is 10.0. The van der Waals surface area contributed by atoms with Gasteiger partial charge in [-0.15, -0.1) is 0 Å². The van der Waals surface area contributed by atoms with Crippen molar-refractivity contribution in [3.63, 3.8) is 0 Å². The second-order valence-corrected chi connectivity index (χ2v) is 3.35. The van der Waals surface area contributed by atoms with E-state index in [4.69, 9.17) is 5.26 Å². The van der Waals surface area contributed by atoms with Crippen LogP contribution in [-0.2, 0) is 0 Å². The molecule has 1 atom stereocenters. The molecule has 1 unspecified atom stereocenters. The molecule has 0 bridgehead atoms. The Morgan fingerprint density at radius 2 is 2.36 bits per heavy atom. The summed E-state index contributed by atoms with van der Waals surface area (Å²) in [4.78, 5) is 2.28. The normalized spacial score (nSPS) is 22.3. The van der Waals surface area contributed by atoms with Gasteiger partial charge in [0.05, 0.1) is 12.1 Å².